The summed E-state index contributed by atoms with van der Waals surface area (Å²) in [4.78, 5) is 10.3. The molecule has 4 heteroatoms. The van der Waals surface area contributed by atoms with E-state index in [9.17, 15) is 0 Å². The van der Waals surface area contributed by atoms with Crippen LogP contribution >= 0.6 is 0 Å². The average molecular weight is 1420 g/mol. The average Bonchev–Trinajstić information content (AvgIpc) is 0.684. The van der Waals surface area contributed by atoms with Crippen molar-refractivity contribution in [1.82, 2.24) is 0 Å². The quantitative estimate of drug-likeness (QED) is 0.101. The van der Waals surface area contributed by atoms with Gasteiger partial charge in [0.2, 0.25) is 0 Å². The molecule has 0 radical (unpaired) electrons. The van der Waals surface area contributed by atoms with Gasteiger partial charge < -0.3 is 19.6 Å². The molecule has 0 saturated carbocycles. The number of aryl methyl sites for hydroxylation is 4. The molecule has 546 valence electrons. The number of hydrogen-bond donors (Lipinski definition) is 0. The second kappa shape index (κ2) is 27.8. The van der Waals surface area contributed by atoms with Crippen LogP contribution in [0.4, 0.5) is 68.2 Å². The second-order valence-electron chi connectivity index (χ2n) is 36.8. The standard InChI is InChI=1S/C104H110N4/c1-67-23-47-79(48-24-67)105(83-55-39-75(40-56-83)101(11,12)13)91-65-93(107(81-51-27-69(3)28-52-81)85-59-43-77(44-60-85)103(17,18)19)95-88(72-33-37-74(38-34-72)100(8,9)10)64-90-92(106(80-49-25-68(2)26-50-80)84-57-41-76(42-58-84)102(14,15)16)66-94(108(82-53-29-70(4)30-54-82)86-61-45-78(46-62-86)104(20,21)22)96-87(63-89(91)97(95)98(90)96)71-31-35-73(36-32-71)99(5,6)7/h23-66H,1-22H3. The SMILES string of the molecule is Cc1ccc(N(c2ccc(C(C)(C)C)cc2)c2cc(N(c3ccc(C)cc3)c3ccc(C(C)(C)C)cc3)c3c(-c4ccc(C(C)(C)C)cc4)cc4c(N(c5ccc(C)cc5)c5ccc(C(C)(C)C)cc5)cc(N(c5ccc(C)cc5)c5ccc(C(C)(C)C)cc5)c5c(-c6ccc(C(C)(C)C)cc6)cc2c3c45)cc1. The van der Waals surface area contributed by atoms with Gasteiger partial charge in [0.15, 0.2) is 0 Å². The third-order valence-electron chi connectivity index (χ3n) is 22.2. The topological polar surface area (TPSA) is 13.0 Å². The molecule has 0 fully saturated rings. The van der Waals surface area contributed by atoms with Crippen molar-refractivity contribution in [1.29, 1.82) is 0 Å². The number of nitrogens with zero attached hydrogens (tertiary/aromatic N) is 4. The van der Waals surface area contributed by atoms with Gasteiger partial charge in [-0.2, -0.15) is 0 Å². The van der Waals surface area contributed by atoms with Crippen molar-refractivity contribution in [2.45, 2.75) is 185 Å². The molecule has 14 rings (SSSR count). The van der Waals surface area contributed by atoms with Gasteiger partial charge in [0.25, 0.3) is 0 Å². The highest BCUT2D eigenvalue weighted by molar-refractivity contribution is 6.38. The minimum absolute atomic E-state index is 0.0824. The number of rotatable bonds is 14. The van der Waals surface area contributed by atoms with E-state index in [0.29, 0.717) is 0 Å². The van der Waals surface area contributed by atoms with E-state index in [0.717, 1.165) is 123 Å². The Labute approximate surface area is 645 Å². The molecule has 0 N–H and O–H groups in total. The van der Waals surface area contributed by atoms with Crippen LogP contribution in [0, 0.1) is 27.7 Å². The molecule has 4 nitrogen and oxygen atoms in total. The molecule has 0 aromatic heterocycles. The van der Waals surface area contributed by atoms with Gasteiger partial charge in [-0.1, -0.05) is 292 Å². The number of anilines is 12. The predicted octanol–water partition coefficient (Wildman–Crippen LogP) is 30.8. The smallest absolute Gasteiger partial charge is 0.0567 e. The highest BCUT2D eigenvalue weighted by Crippen LogP contribution is 2.60. The van der Waals surface area contributed by atoms with Gasteiger partial charge >= 0.3 is 0 Å². The zero-order chi connectivity index (χ0) is 76.9. The first-order valence-corrected chi connectivity index (χ1v) is 39.0. The van der Waals surface area contributed by atoms with E-state index in [1.54, 1.807) is 0 Å². The summed E-state index contributed by atoms with van der Waals surface area (Å²) in [6.07, 6.45) is 0. The largest absolute Gasteiger partial charge is 0.310 e. The molecule has 0 amide bonds. The van der Waals surface area contributed by atoms with Crippen molar-refractivity contribution in [3.8, 4) is 22.3 Å². The summed E-state index contributed by atoms with van der Waals surface area (Å²) >= 11 is 0. The van der Waals surface area contributed by atoms with Crippen molar-refractivity contribution >= 4 is 101 Å². The second-order valence-corrected chi connectivity index (χ2v) is 36.8. The lowest BCUT2D eigenvalue weighted by Gasteiger charge is -2.36. The van der Waals surface area contributed by atoms with Gasteiger partial charge in [0.1, 0.15) is 0 Å². The Hall–Kier alpha value is -10.7. The van der Waals surface area contributed by atoms with E-state index in [4.69, 9.17) is 0 Å². The minimum Gasteiger partial charge on any atom is -0.310 e. The van der Waals surface area contributed by atoms with Crippen LogP contribution in [-0.4, -0.2) is 0 Å². The first kappa shape index (κ1) is 74.2. The molecule has 0 aliphatic carbocycles. The normalized spacial score (nSPS) is 12.5. The maximum Gasteiger partial charge on any atom is 0.0567 e. The Kier molecular flexibility index (Phi) is 19.1. The zero-order valence-corrected chi connectivity index (χ0v) is 68.2. The van der Waals surface area contributed by atoms with Crippen molar-refractivity contribution in [3.63, 3.8) is 0 Å². The van der Waals surface area contributed by atoms with Crippen molar-refractivity contribution in [2.75, 3.05) is 19.6 Å². The molecular weight excluding hydrogens is 1310 g/mol. The fourth-order valence-electron chi connectivity index (χ4n) is 15.5. The molecule has 0 saturated heterocycles. The van der Waals surface area contributed by atoms with E-state index < -0.39 is 0 Å². The fourth-order valence-corrected chi connectivity index (χ4v) is 15.5. The minimum atomic E-state index is -0.0950. The van der Waals surface area contributed by atoms with Gasteiger partial charge in [0, 0.05) is 77.8 Å². The molecule has 14 aromatic rings. The Morgan fingerprint density at radius 2 is 0.343 bits per heavy atom. The predicted molar refractivity (Wildman–Crippen MR) is 471 cm³/mol. The number of hydrogen-bond acceptors (Lipinski definition) is 4. The molecule has 108 heavy (non-hydrogen) atoms. The van der Waals surface area contributed by atoms with Crippen LogP contribution in [0.2, 0.25) is 0 Å². The molecule has 0 aliphatic heterocycles. The van der Waals surface area contributed by atoms with Crippen LogP contribution in [0.25, 0.3) is 54.6 Å². The molecule has 0 spiro atoms. The van der Waals surface area contributed by atoms with E-state index in [1.807, 2.05) is 0 Å². The lowest BCUT2D eigenvalue weighted by atomic mass is 9.81. The molecule has 0 heterocycles. The Morgan fingerprint density at radius 3 is 0.528 bits per heavy atom. The van der Waals surface area contributed by atoms with Crippen LogP contribution in [0.15, 0.2) is 267 Å². The summed E-state index contributed by atoms with van der Waals surface area (Å²) in [5, 5.41) is 6.86. The molecule has 0 atom stereocenters. The highest BCUT2D eigenvalue weighted by Gasteiger charge is 2.34. The van der Waals surface area contributed by atoms with Gasteiger partial charge in [-0.25, -0.2) is 0 Å². The zero-order valence-electron chi connectivity index (χ0n) is 68.2. The van der Waals surface area contributed by atoms with Crippen LogP contribution in [0.1, 0.15) is 180 Å². The lowest BCUT2D eigenvalue weighted by molar-refractivity contribution is 0.590. The molecule has 0 bridgehead atoms. The van der Waals surface area contributed by atoms with Crippen molar-refractivity contribution < 1.29 is 0 Å². The van der Waals surface area contributed by atoms with E-state index >= 15 is 0 Å². The Balaban J connectivity index is 1.31. The summed E-state index contributed by atoms with van der Waals surface area (Å²) in [5.41, 5.74) is 29.2. The van der Waals surface area contributed by atoms with Crippen LogP contribution in [-0.2, 0) is 32.5 Å². The van der Waals surface area contributed by atoms with Gasteiger partial charge in [-0.3, -0.25) is 0 Å². The van der Waals surface area contributed by atoms with Gasteiger partial charge in [0.05, 0.1) is 22.7 Å². The molecule has 0 unspecified atom stereocenters. The van der Waals surface area contributed by atoms with E-state index in [1.165, 1.54) is 55.6 Å². The van der Waals surface area contributed by atoms with E-state index in [-0.39, 0.29) is 32.5 Å². The molecule has 0 aliphatic rings. The molecule has 14 aromatic carbocycles. The van der Waals surface area contributed by atoms with Gasteiger partial charge in [-0.05, 0) is 237 Å². The maximum absolute atomic E-state index is 2.60. The fraction of sp³-hybridized carbons (Fsp3) is 0.269. The summed E-state index contributed by atoms with van der Waals surface area (Å²) < 4.78 is 0. The van der Waals surface area contributed by atoms with Crippen molar-refractivity contribution in [2.24, 2.45) is 0 Å². The maximum atomic E-state index is 2.60. The van der Waals surface area contributed by atoms with Crippen LogP contribution in [0.3, 0.4) is 0 Å². The third-order valence-corrected chi connectivity index (χ3v) is 22.2. The summed E-state index contributed by atoms with van der Waals surface area (Å²) in [5.74, 6) is 0. The molecular formula is C104H110N4. The van der Waals surface area contributed by atoms with Gasteiger partial charge in [-0.15, -0.1) is 0 Å². The summed E-state index contributed by atoms with van der Waals surface area (Å²) in [7, 11) is 0. The summed E-state index contributed by atoms with van der Waals surface area (Å²) in [6, 6.07) is 104. The lowest BCUT2D eigenvalue weighted by Crippen LogP contribution is -2.17. The van der Waals surface area contributed by atoms with Crippen LogP contribution in [0.5, 0.6) is 0 Å². The number of benzene rings is 14. The Bertz CT molecular complexity index is 5190. The van der Waals surface area contributed by atoms with Crippen LogP contribution < -0.4 is 19.6 Å². The van der Waals surface area contributed by atoms with Crippen molar-refractivity contribution in [3.05, 3.63) is 323 Å². The highest BCUT2D eigenvalue weighted by atomic mass is 15.2. The first-order chi connectivity index (χ1) is 51.0. The monoisotopic (exact) mass is 1410 g/mol. The first-order valence-electron chi connectivity index (χ1n) is 39.0. The third kappa shape index (κ3) is 14.6. The summed E-state index contributed by atoms with van der Waals surface area (Å²) in [6.45, 7) is 50.5. The Morgan fingerprint density at radius 1 is 0.176 bits per heavy atom. The van der Waals surface area contributed by atoms with E-state index in [2.05, 4.69) is 439 Å².